The van der Waals surface area contributed by atoms with Crippen molar-refractivity contribution in [2.75, 3.05) is 6.54 Å². The van der Waals surface area contributed by atoms with Crippen LogP contribution >= 0.6 is 0 Å². The van der Waals surface area contributed by atoms with E-state index in [1.807, 2.05) is 0 Å². The number of carbonyl (C=O) groups is 2. The number of hydrogen-bond donors (Lipinski definition) is 0. The Kier molecular flexibility index (Phi) is 5.29. The summed E-state index contributed by atoms with van der Waals surface area (Å²) in [6.07, 6.45) is 0.403. The van der Waals surface area contributed by atoms with Crippen LogP contribution in [-0.2, 0) is 16.1 Å². The molecule has 0 radical (unpaired) electrons. The fraction of sp³-hybridized carbons (Fsp3) is 0.556. The van der Waals surface area contributed by atoms with Crippen molar-refractivity contribution in [3.05, 3.63) is 29.8 Å². The Morgan fingerprint density at radius 2 is 1.92 bits per heavy atom. The second kappa shape index (κ2) is 7.47. The van der Waals surface area contributed by atoms with Gasteiger partial charge in [-0.3, -0.25) is 4.79 Å². The summed E-state index contributed by atoms with van der Waals surface area (Å²) in [4.78, 5) is 28.0. The lowest BCUT2D eigenvalue weighted by Gasteiger charge is -2.25. The Morgan fingerprint density at radius 3 is 2.54 bits per heavy atom. The SMILES string of the molecule is CC(C)OC(=O)N1CC[C@H]2[C@@H]1CC(=O)N2Cc1ccc(OC(F)F)cc1. The third-order valence-electron chi connectivity index (χ3n) is 4.69. The molecule has 2 saturated heterocycles. The van der Waals surface area contributed by atoms with Crippen LogP contribution in [0.5, 0.6) is 5.75 Å². The topological polar surface area (TPSA) is 59.1 Å². The first-order valence-corrected chi connectivity index (χ1v) is 8.65. The fourth-order valence-corrected chi connectivity index (χ4v) is 3.60. The molecule has 0 N–H and O–H groups in total. The van der Waals surface area contributed by atoms with Crippen LogP contribution < -0.4 is 4.74 Å². The van der Waals surface area contributed by atoms with E-state index in [0.29, 0.717) is 19.5 Å². The van der Waals surface area contributed by atoms with E-state index in [-0.39, 0.29) is 42.4 Å². The molecule has 0 unspecified atom stereocenters. The predicted octanol–water partition coefficient (Wildman–Crippen LogP) is 3.01. The minimum Gasteiger partial charge on any atom is -0.447 e. The zero-order valence-electron chi connectivity index (χ0n) is 14.7. The number of fused-ring (bicyclic) bond motifs is 1. The summed E-state index contributed by atoms with van der Waals surface area (Å²) >= 11 is 0. The summed E-state index contributed by atoms with van der Waals surface area (Å²) in [6, 6.07) is 6.03. The lowest BCUT2D eigenvalue weighted by Crippen LogP contribution is -2.40. The minimum absolute atomic E-state index is 0.0186. The van der Waals surface area contributed by atoms with E-state index >= 15 is 0 Å². The minimum atomic E-state index is -2.86. The third-order valence-corrected chi connectivity index (χ3v) is 4.69. The van der Waals surface area contributed by atoms with Crippen molar-refractivity contribution in [1.82, 2.24) is 9.80 Å². The molecule has 2 atom stereocenters. The number of amides is 2. The summed E-state index contributed by atoms with van der Waals surface area (Å²) in [7, 11) is 0. The van der Waals surface area contributed by atoms with Gasteiger partial charge in [-0.2, -0.15) is 8.78 Å². The van der Waals surface area contributed by atoms with Gasteiger partial charge in [-0.05, 0) is 38.0 Å². The van der Waals surface area contributed by atoms with Gasteiger partial charge in [-0.15, -0.1) is 0 Å². The smallest absolute Gasteiger partial charge is 0.410 e. The molecule has 3 rings (SSSR count). The van der Waals surface area contributed by atoms with Crippen molar-refractivity contribution in [1.29, 1.82) is 0 Å². The Hall–Kier alpha value is -2.38. The molecule has 2 amide bonds. The largest absolute Gasteiger partial charge is 0.447 e. The summed E-state index contributed by atoms with van der Waals surface area (Å²) < 4.78 is 34.0. The molecule has 142 valence electrons. The molecule has 2 aliphatic heterocycles. The van der Waals surface area contributed by atoms with Gasteiger partial charge in [0.2, 0.25) is 5.91 Å². The van der Waals surface area contributed by atoms with Gasteiger partial charge >= 0.3 is 12.7 Å². The molecule has 0 aliphatic carbocycles. The van der Waals surface area contributed by atoms with E-state index < -0.39 is 6.61 Å². The number of halogens is 2. The number of carbonyl (C=O) groups excluding carboxylic acids is 2. The van der Waals surface area contributed by atoms with Gasteiger partial charge in [0.25, 0.3) is 0 Å². The molecular formula is C18H22F2N2O4. The molecule has 2 fully saturated rings. The van der Waals surface area contributed by atoms with Crippen LogP contribution in [0.2, 0.25) is 0 Å². The first-order chi connectivity index (χ1) is 12.3. The average Bonchev–Trinajstić information content (AvgIpc) is 3.08. The van der Waals surface area contributed by atoms with Gasteiger partial charge in [-0.1, -0.05) is 12.1 Å². The van der Waals surface area contributed by atoms with E-state index in [1.54, 1.807) is 35.8 Å². The summed E-state index contributed by atoms with van der Waals surface area (Å²) in [6.45, 7) is 1.66. The highest BCUT2D eigenvalue weighted by Crippen LogP contribution is 2.34. The monoisotopic (exact) mass is 368 g/mol. The molecule has 8 heteroatoms. The van der Waals surface area contributed by atoms with Crippen LogP contribution in [0.15, 0.2) is 24.3 Å². The molecule has 0 saturated carbocycles. The van der Waals surface area contributed by atoms with Crippen LogP contribution in [0, 0.1) is 0 Å². The van der Waals surface area contributed by atoms with Gasteiger partial charge in [0.05, 0.1) is 18.2 Å². The van der Waals surface area contributed by atoms with Crippen molar-refractivity contribution in [3.8, 4) is 5.75 Å². The zero-order chi connectivity index (χ0) is 18.8. The molecule has 1 aromatic carbocycles. The highest BCUT2D eigenvalue weighted by molar-refractivity contribution is 5.82. The Morgan fingerprint density at radius 1 is 1.23 bits per heavy atom. The molecule has 6 nitrogen and oxygen atoms in total. The van der Waals surface area contributed by atoms with E-state index in [4.69, 9.17) is 4.74 Å². The van der Waals surface area contributed by atoms with Crippen LogP contribution in [0.4, 0.5) is 13.6 Å². The zero-order valence-corrected chi connectivity index (χ0v) is 14.7. The fourth-order valence-electron chi connectivity index (χ4n) is 3.60. The molecule has 1 aromatic rings. The number of hydrogen-bond acceptors (Lipinski definition) is 4. The second-order valence-electron chi connectivity index (χ2n) is 6.80. The first-order valence-electron chi connectivity index (χ1n) is 8.65. The van der Waals surface area contributed by atoms with Crippen molar-refractivity contribution in [3.63, 3.8) is 0 Å². The molecular weight excluding hydrogens is 346 g/mol. The van der Waals surface area contributed by atoms with Crippen LogP contribution in [-0.4, -0.2) is 53.1 Å². The quantitative estimate of drug-likeness (QED) is 0.802. The number of rotatable bonds is 5. The highest BCUT2D eigenvalue weighted by atomic mass is 19.3. The average molecular weight is 368 g/mol. The van der Waals surface area contributed by atoms with E-state index in [0.717, 1.165) is 5.56 Å². The molecule has 0 aromatic heterocycles. The molecule has 26 heavy (non-hydrogen) atoms. The van der Waals surface area contributed by atoms with E-state index in [1.165, 1.54) is 12.1 Å². The highest BCUT2D eigenvalue weighted by Gasteiger charge is 2.48. The van der Waals surface area contributed by atoms with Crippen molar-refractivity contribution in [2.45, 2.75) is 58.0 Å². The Bertz CT molecular complexity index is 666. The summed E-state index contributed by atoms with van der Waals surface area (Å²) in [5.41, 5.74) is 0.823. The molecule has 2 heterocycles. The van der Waals surface area contributed by atoms with E-state index in [2.05, 4.69) is 4.74 Å². The van der Waals surface area contributed by atoms with Gasteiger partial charge in [-0.25, -0.2) is 4.79 Å². The van der Waals surface area contributed by atoms with Crippen LogP contribution in [0.25, 0.3) is 0 Å². The Balaban J connectivity index is 1.65. The standard InChI is InChI=1S/C18H22F2N2O4/c1-11(2)25-18(24)21-8-7-14-15(21)9-16(23)22(14)10-12-3-5-13(6-4-12)26-17(19)20/h3-6,11,14-15,17H,7-10H2,1-2H3/t14-,15-/m0/s1. The van der Waals surface area contributed by atoms with Crippen molar-refractivity contribution < 1.29 is 27.8 Å². The summed E-state index contributed by atoms with van der Waals surface area (Å²) in [5.74, 6) is 0.0628. The normalized spacial score (nSPS) is 22.3. The van der Waals surface area contributed by atoms with Crippen molar-refractivity contribution in [2.24, 2.45) is 0 Å². The molecule has 0 bridgehead atoms. The van der Waals surface area contributed by atoms with Gasteiger partial charge in [0.15, 0.2) is 0 Å². The second-order valence-corrected chi connectivity index (χ2v) is 6.80. The van der Waals surface area contributed by atoms with Gasteiger partial charge < -0.3 is 19.3 Å². The van der Waals surface area contributed by atoms with Crippen LogP contribution in [0.3, 0.4) is 0 Å². The maximum Gasteiger partial charge on any atom is 0.410 e. The van der Waals surface area contributed by atoms with Gasteiger partial charge in [0, 0.05) is 19.5 Å². The number of likely N-dealkylation sites (tertiary alicyclic amines) is 2. The Labute approximate surface area is 150 Å². The molecule has 0 spiro atoms. The maximum absolute atomic E-state index is 12.4. The first kappa shape index (κ1) is 18.4. The number of nitrogens with zero attached hydrogens (tertiary/aromatic N) is 2. The number of benzene rings is 1. The van der Waals surface area contributed by atoms with Crippen LogP contribution in [0.1, 0.15) is 32.3 Å². The number of ether oxygens (including phenoxy) is 2. The maximum atomic E-state index is 12.4. The molecule has 2 aliphatic rings. The van der Waals surface area contributed by atoms with E-state index in [9.17, 15) is 18.4 Å². The lowest BCUT2D eigenvalue weighted by molar-refractivity contribution is -0.129. The third kappa shape index (κ3) is 3.89. The van der Waals surface area contributed by atoms with Crippen molar-refractivity contribution >= 4 is 12.0 Å². The van der Waals surface area contributed by atoms with Gasteiger partial charge in [0.1, 0.15) is 5.75 Å². The lowest BCUT2D eigenvalue weighted by atomic mass is 10.1. The summed E-state index contributed by atoms with van der Waals surface area (Å²) in [5, 5.41) is 0. The predicted molar refractivity (Wildman–Crippen MR) is 88.8 cm³/mol. The number of alkyl halides is 2.